The number of nitrogens with zero attached hydrogens (tertiary/aromatic N) is 1. The lowest BCUT2D eigenvalue weighted by Gasteiger charge is -2.12. The van der Waals surface area contributed by atoms with E-state index in [4.69, 9.17) is 0 Å². The molecule has 0 aromatic carbocycles. The van der Waals surface area contributed by atoms with Crippen molar-refractivity contribution in [2.75, 3.05) is 11.5 Å². The van der Waals surface area contributed by atoms with Gasteiger partial charge in [0.1, 0.15) is 11.5 Å². The highest BCUT2D eigenvalue weighted by Gasteiger charge is 2.35. The van der Waals surface area contributed by atoms with Gasteiger partial charge < -0.3 is 4.84 Å². The Morgan fingerprint density at radius 3 is 2.22 bits per heavy atom. The predicted octanol–water partition coefficient (Wildman–Crippen LogP) is -0.0954. The zero-order valence-corrected chi connectivity index (χ0v) is 9.68. The van der Waals surface area contributed by atoms with Crippen LogP contribution < -0.4 is 0 Å². The molecule has 1 aliphatic rings. The van der Waals surface area contributed by atoms with Crippen LogP contribution in [-0.4, -0.2) is 44.7 Å². The van der Waals surface area contributed by atoms with E-state index in [0.29, 0.717) is 0 Å². The minimum absolute atomic E-state index is 0.127. The summed E-state index contributed by atoms with van der Waals surface area (Å²) in [7, 11) is -2.49. The van der Waals surface area contributed by atoms with E-state index in [1.165, 1.54) is 0 Å². The van der Waals surface area contributed by atoms with E-state index in [0.717, 1.165) is 0 Å². The summed E-state index contributed by atoms with van der Waals surface area (Å²) < 4.78 is 46.4. The SMILES string of the molecule is O=C(CS(=O)CC(F)(F)F)ON1C(=O)CCC1=O. The fraction of sp³-hybridized carbons (Fsp3) is 0.625. The lowest BCUT2D eigenvalue weighted by Crippen LogP contribution is -2.34. The first kappa shape index (κ1) is 14.6. The van der Waals surface area contributed by atoms with Crippen molar-refractivity contribution in [2.45, 2.75) is 19.0 Å². The molecule has 0 saturated carbocycles. The van der Waals surface area contributed by atoms with Crippen molar-refractivity contribution >= 4 is 28.6 Å². The molecular weight excluding hydrogens is 279 g/mol. The van der Waals surface area contributed by atoms with Crippen molar-refractivity contribution in [2.24, 2.45) is 0 Å². The number of imide groups is 1. The Labute approximate surface area is 101 Å². The lowest BCUT2D eigenvalue weighted by molar-refractivity contribution is -0.195. The van der Waals surface area contributed by atoms with E-state index in [-0.39, 0.29) is 17.9 Å². The standard InChI is InChI=1S/C8H8F3NO5S/c9-8(10,11)4-18(16)3-7(15)17-12-5(13)1-2-6(12)14/h1-4H2. The molecular formula is C8H8F3NO5S. The van der Waals surface area contributed by atoms with Gasteiger partial charge >= 0.3 is 12.1 Å². The zero-order valence-electron chi connectivity index (χ0n) is 8.86. The number of carbonyl (C=O) groups excluding carboxylic acids is 3. The van der Waals surface area contributed by atoms with Gasteiger partial charge in [0.05, 0.1) is 0 Å². The second kappa shape index (κ2) is 5.46. The van der Waals surface area contributed by atoms with E-state index < -0.39 is 46.3 Å². The summed E-state index contributed by atoms with van der Waals surface area (Å²) in [6.45, 7) is 0. The fourth-order valence-corrected chi connectivity index (χ4v) is 1.93. The molecule has 1 fully saturated rings. The Morgan fingerprint density at radius 2 is 1.78 bits per heavy atom. The number of hydrogen-bond acceptors (Lipinski definition) is 5. The van der Waals surface area contributed by atoms with Gasteiger partial charge in [-0.2, -0.15) is 13.2 Å². The molecule has 18 heavy (non-hydrogen) atoms. The minimum atomic E-state index is -4.66. The van der Waals surface area contributed by atoms with Gasteiger partial charge in [0.15, 0.2) is 0 Å². The number of alkyl halides is 3. The summed E-state index contributed by atoms with van der Waals surface area (Å²) in [5.41, 5.74) is 0. The van der Waals surface area contributed by atoms with Gasteiger partial charge in [-0.05, 0) is 0 Å². The van der Waals surface area contributed by atoms with Gasteiger partial charge in [-0.15, -0.1) is 5.06 Å². The summed E-state index contributed by atoms with van der Waals surface area (Å²) in [5.74, 6) is -5.51. The van der Waals surface area contributed by atoms with E-state index in [9.17, 15) is 31.8 Å². The van der Waals surface area contributed by atoms with Crippen molar-refractivity contribution in [3.8, 4) is 0 Å². The van der Waals surface area contributed by atoms with Crippen LogP contribution in [0.5, 0.6) is 0 Å². The molecule has 0 aromatic heterocycles. The summed E-state index contributed by atoms with van der Waals surface area (Å²) in [6, 6.07) is 0. The largest absolute Gasteiger partial charge is 0.400 e. The molecule has 0 aromatic rings. The van der Waals surface area contributed by atoms with E-state index in [1.54, 1.807) is 0 Å². The quantitative estimate of drug-likeness (QED) is 0.675. The van der Waals surface area contributed by atoms with Crippen LogP contribution in [0.25, 0.3) is 0 Å². The van der Waals surface area contributed by atoms with Gasteiger partial charge in [-0.3, -0.25) is 13.8 Å². The van der Waals surface area contributed by atoms with Crippen LogP contribution in [0, 0.1) is 0 Å². The Balaban J connectivity index is 2.45. The summed E-state index contributed by atoms with van der Waals surface area (Å²) in [5, 5.41) is 0.188. The maximum atomic E-state index is 11.8. The minimum Gasteiger partial charge on any atom is -0.329 e. The predicted molar refractivity (Wildman–Crippen MR) is 51.1 cm³/mol. The molecule has 10 heteroatoms. The van der Waals surface area contributed by atoms with Crippen molar-refractivity contribution in [1.29, 1.82) is 0 Å². The lowest BCUT2D eigenvalue weighted by atomic mass is 10.4. The van der Waals surface area contributed by atoms with E-state index in [2.05, 4.69) is 4.84 Å². The molecule has 0 spiro atoms. The topological polar surface area (TPSA) is 80.8 Å². The maximum Gasteiger partial charge on any atom is 0.400 e. The first-order valence-electron chi connectivity index (χ1n) is 4.67. The Morgan fingerprint density at radius 1 is 1.28 bits per heavy atom. The first-order valence-corrected chi connectivity index (χ1v) is 6.16. The highest BCUT2D eigenvalue weighted by molar-refractivity contribution is 7.85. The first-order chi connectivity index (χ1) is 8.19. The molecule has 1 heterocycles. The number of hydroxylamine groups is 2. The number of carbonyl (C=O) groups is 3. The normalized spacial score (nSPS) is 18.1. The Kier molecular flexibility index (Phi) is 4.43. The van der Waals surface area contributed by atoms with Gasteiger partial charge in [-0.25, -0.2) is 4.79 Å². The highest BCUT2D eigenvalue weighted by Crippen LogP contribution is 2.16. The molecule has 1 atom stereocenters. The van der Waals surface area contributed by atoms with Crippen LogP contribution in [0.15, 0.2) is 0 Å². The van der Waals surface area contributed by atoms with Crippen LogP contribution >= 0.6 is 0 Å². The third-order valence-corrected chi connectivity index (χ3v) is 3.01. The highest BCUT2D eigenvalue weighted by atomic mass is 32.2. The van der Waals surface area contributed by atoms with Crippen LogP contribution in [0.1, 0.15) is 12.8 Å². The molecule has 0 aliphatic carbocycles. The summed E-state index contributed by atoms with van der Waals surface area (Å²) in [4.78, 5) is 37.3. The second-order valence-electron chi connectivity index (χ2n) is 3.39. The molecule has 1 aliphatic heterocycles. The Bertz CT molecular complexity index is 392. The van der Waals surface area contributed by atoms with Crippen LogP contribution in [-0.2, 0) is 30.0 Å². The fourth-order valence-electron chi connectivity index (χ4n) is 1.15. The van der Waals surface area contributed by atoms with Crippen molar-refractivity contribution in [1.82, 2.24) is 5.06 Å². The maximum absolute atomic E-state index is 11.8. The smallest absolute Gasteiger partial charge is 0.329 e. The van der Waals surface area contributed by atoms with Gasteiger partial charge in [0, 0.05) is 23.6 Å². The molecule has 0 radical (unpaired) electrons. The molecule has 6 nitrogen and oxygen atoms in total. The average Bonchev–Trinajstić information content (AvgIpc) is 2.46. The van der Waals surface area contributed by atoms with Crippen LogP contribution in [0.3, 0.4) is 0 Å². The summed E-state index contributed by atoms with van der Waals surface area (Å²) >= 11 is 0. The third kappa shape index (κ3) is 4.43. The molecule has 102 valence electrons. The van der Waals surface area contributed by atoms with E-state index in [1.807, 2.05) is 0 Å². The van der Waals surface area contributed by atoms with Crippen LogP contribution in [0.4, 0.5) is 13.2 Å². The molecule has 1 unspecified atom stereocenters. The number of rotatable bonds is 4. The van der Waals surface area contributed by atoms with Gasteiger partial charge in [-0.1, -0.05) is 0 Å². The number of hydrogen-bond donors (Lipinski definition) is 0. The number of halogens is 3. The monoisotopic (exact) mass is 287 g/mol. The van der Waals surface area contributed by atoms with Crippen molar-refractivity contribution < 1.29 is 36.6 Å². The van der Waals surface area contributed by atoms with Crippen molar-refractivity contribution in [3.63, 3.8) is 0 Å². The van der Waals surface area contributed by atoms with Gasteiger partial charge in [0.25, 0.3) is 11.8 Å². The van der Waals surface area contributed by atoms with Gasteiger partial charge in [0.2, 0.25) is 0 Å². The Hall–Kier alpha value is -1.45. The summed E-state index contributed by atoms with van der Waals surface area (Å²) in [6.07, 6.45) is -4.92. The zero-order chi connectivity index (χ0) is 13.9. The molecule has 0 N–H and O–H groups in total. The number of amides is 2. The van der Waals surface area contributed by atoms with E-state index >= 15 is 0 Å². The average molecular weight is 287 g/mol. The molecule has 2 amide bonds. The van der Waals surface area contributed by atoms with Crippen molar-refractivity contribution in [3.05, 3.63) is 0 Å². The molecule has 1 rings (SSSR count). The second-order valence-corrected chi connectivity index (χ2v) is 4.85. The van der Waals surface area contributed by atoms with Crippen LogP contribution in [0.2, 0.25) is 0 Å². The molecule has 1 saturated heterocycles. The molecule has 0 bridgehead atoms. The third-order valence-electron chi connectivity index (χ3n) is 1.80.